The van der Waals surface area contributed by atoms with Crippen LogP contribution in [0.4, 0.5) is 0 Å². The maximum absolute atomic E-state index is 9.64. The molecule has 1 N–H and O–H groups in total. The quantitative estimate of drug-likeness (QED) is 0.892. The molecule has 1 fully saturated rings. The summed E-state index contributed by atoms with van der Waals surface area (Å²) in [5.41, 5.74) is 1.10. The first-order chi connectivity index (χ1) is 10.3. The molecule has 1 aliphatic carbocycles. The van der Waals surface area contributed by atoms with E-state index in [2.05, 4.69) is 42.6 Å². The highest BCUT2D eigenvalue weighted by molar-refractivity contribution is 5.86. The van der Waals surface area contributed by atoms with E-state index in [1.54, 1.807) is 0 Å². The lowest BCUT2D eigenvalue weighted by Crippen LogP contribution is -2.39. The molecular weight excluding hydrogens is 256 g/mol. The largest absolute Gasteiger partial charge is 0.295 e. The Kier molecular flexibility index (Phi) is 4.22. The number of nitriles is 1. The fraction of sp³-hybridized carbons (Fsp3) is 0.421. The minimum atomic E-state index is -0.221. The van der Waals surface area contributed by atoms with Crippen molar-refractivity contribution in [2.45, 2.75) is 44.7 Å². The third-order valence-corrected chi connectivity index (χ3v) is 4.76. The molecule has 21 heavy (non-hydrogen) atoms. The van der Waals surface area contributed by atoms with Crippen LogP contribution in [0.25, 0.3) is 10.8 Å². The molecule has 0 heterocycles. The Labute approximate surface area is 126 Å². The second-order valence-electron chi connectivity index (χ2n) is 6.17. The zero-order valence-electron chi connectivity index (χ0n) is 12.5. The molecule has 0 bridgehead atoms. The third-order valence-electron chi connectivity index (χ3n) is 4.76. The smallest absolute Gasteiger partial charge is 0.122 e. The second kappa shape index (κ2) is 6.28. The standard InChI is InChI=1S/C19H22N2/c1-14-7-2-5-12-18(14)21-19(13-20)17-11-6-9-15-8-3-4-10-16(15)17/h3-4,6,8-11,14,18-19,21H,2,5,7,12H2,1H3. The minimum Gasteiger partial charge on any atom is -0.295 e. The Morgan fingerprint density at radius 1 is 1.10 bits per heavy atom. The van der Waals surface area contributed by atoms with Crippen molar-refractivity contribution in [2.75, 3.05) is 0 Å². The number of benzene rings is 2. The molecule has 0 amide bonds. The molecule has 1 saturated carbocycles. The molecular formula is C19H22N2. The van der Waals surface area contributed by atoms with Crippen LogP contribution in [-0.4, -0.2) is 6.04 Å². The summed E-state index contributed by atoms with van der Waals surface area (Å²) in [6.07, 6.45) is 5.05. The van der Waals surface area contributed by atoms with Gasteiger partial charge >= 0.3 is 0 Å². The molecule has 2 aromatic carbocycles. The predicted octanol–water partition coefficient (Wildman–Crippen LogP) is 4.57. The molecule has 0 saturated heterocycles. The van der Waals surface area contributed by atoms with Gasteiger partial charge in [0.25, 0.3) is 0 Å². The topological polar surface area (TPSA) is 35.8 Å². The van der Waals surface area contributed by atoms with Crippen molar-refractivity contribution in [3.05, 3.63) is 48.0 Å². The van der Waals surface area contributed by atoms with Gasteiger partial charge in [-0.1, -0.05) is 62.2 Å². The monoisotopic (exact) mass is 278 g/mol. The van der Waals surface area contributed by atoms with Gasteiger partial charge in [0.05, 0.1) is 6.07 Å². The van der Waals surface area contributed by atoms with E-state index in [0.717, 1.165) is 5.56 Å². The minimum absolute atomic E-state index is 0.221. The Morgan fingerprint density at radius 3 is 2.67 bits per heavy atom. The number of hydrogen-bond donors (Lipinski definition) is 1. The van der Waals surface area contributed by atoms with Crippen molar-refractivity contribution < 1.29 is 0 Å². The molecule has 108 valence electrons. The number of fused-ring (bicyclic) bond motifs is 1. The fourth-order valence-corrected chi connectivity index (χ4v) is 3.48. The van der Waals surface area contributed by atoms with E-state index in [1.807, 2.05) is 18.2 Å². The van der Waals surface area contributed by atoms with Crippen molar-refractivity contribution >= 4 is 10.8 Å². The molecule has 2 nitrogen and oxygen atoms in total. The van der Waals surface area contributed by atoms with E-state index in [1.165, 1.54) is 36.5 Å². The van der Waals surface area contributed by atoms with Gasteiger partial charge in [0, 0.05) is 6.04 Å². The Morgan fingerprint density at radius 2 is 1.86 bits per heavy atom. The predicted molar refractivity (Wildman–Crippen MR) is 86.9 cm³/mol. The summed E-state index contributed by atoms with van der Waals surface area (Å²) in [7, 11) is 0. The first kappa shape index (κ1) is 14.1. The third kappa shape index (κ3) is 2.94. The van der Waals surface area contributed by atoms with Crippen molar-refractivity contribution in [1.29, 1.82) is 5.26 Å². The Balaban J connectivity index is 1.90. The zero-order chi connectivity index (χ0) is 14.7. The molecule has 0 radical (unpaired) electrons. The van der Waals surface area contributed by atoms with Crippen molar-refractivity contribution in [1.82, 2.24) is 5.32 Å². The lowest BCUT2D eigenvalue weighted by atomic mass is 9.85. The van der Waals surface area contributed by atoms with Gasteiger partial charge in [-0.3, -0.25) is 5.32 Å². The molecule has 0 aromatic heterocycles. The van der Waals surface area contributed by atoms with Crippen LogP contribution in [0.2, 0.25) is 0 Å². The molecule has 0 aliphatic heterocycles. The molecule has 3 atom stereocenters. The van der Waals surface area contributed by atoms with Crippen LogP contribution in [0.15, 0.2) is 42.5 Å². The van der Waals surface area contributed by atoms with Crippen molar-refractivity contribution in [3.8, 4) is 6.07 Å². The summed E-state index contributed by atoms with van der Waals surface area (Å²) in [5, 5.41) is 15.6. The Hall–Kier alpha value is -1.85. The summed E-state index contributed by atoms with van der Waals surface area (Å²) >= 11 is 0. The number of rotatable bonds is 3. The first-order valence-electron chi connectivity index (χ1n) is 7.93. The van der Waals surface area contributed by atoms with Gasteiger partial charge in [-0.25, -0.2) is 0 Å². The van der Waals surface area contributed by atoms with Crippen LogP contribution in [0, 0.1) is 17.2 Å². The summed E-state index contributed by atoms with van der Waals surface area (Å²) in [6.45, 7) is 2.30. The highest BCUT2D eigenvalue weighted by atomic mass is 15.0. The average molecular weight is 278 g/mol. The number of hydrogen-bond acceptors (Lipinski definition) is 2. The van der Waals surface area contributed by atoms with E-state index in [-0.39, 0.29) is 6.04 Å². The van der Waals surface area contributed by atoms with E-state index >= 15 is 0 Å². The molecule has 0 spiro atoms. The van der Waals surface area contributed by atoms with E-state index in [9.17, 15) is 5.26 Å². The van der Waals surface area contributed by atoms with Gasteiger partial charge in [-0.05, 0) is 35.1 Å². The van der Waals surface area contributed by atoms with Crippen molar-refractivity contribution in [2.24, 2.45) is 5.92 Å². The van der Waals surface area contributed by atoms with Gasteiger partial charge in [-0.15, -0.1) is 0 Å². The lowest BCUT2D eigenvalue weighted by Gasteiger charge is -2.31. The van der Waals surface area contributed by atoms with Gasteiger partial charge in [0.15, 0.2) is 0 Å². The summed E-state index contributed by atoms with van der Waals surface area (Å²) in [4.78, 5) is 0. The average Bonchev–Trinajstić information content (AvgIpc) is 2.54. The van der Waals surface area contributed by atoms with Gasteiger partial charge in [0.1, 0.15) is 6.04 Å². The summed E-state index contributed by atoms with van der Waals surface area (Å²) < 4.78 is 0. The van der Waals surface area contributed by atoms with Crippen LogP contribution in [0.3, 0.4) is 0 Å². The van der Waals surface area contributed by atoms with E-state index < -0.39 is 0 Å². The molecule has 2 heteroatoms. The van der Waals surface area contributed by atoms with Crippen LogP contribution in [0.5, 0.6) is 0 Å². The van der Waals surface area contributed by atoms with E-state index in [0.29, 0.717) is 12.0 Å². The highest BCUT2D eigenvalue weighted by Crippen LogP contribution is 2.29. The van der Waals surface area contributed by atoms with Crippen LogP contribution >= 0.6 is 0 Å². The molecule has 1 aliphatic rings. The zero-order valence-corrected chi connectivity index (χ0v) is 12.5. The molecule has 2 aromatic rings. The van der Waals surface area contributed by atoms with Crippen molar-refractivity contribution in [3.63, 3.8) is 0 Å². The SMILES string of the molecule is CC1CCCCC1NC(C#N)c1cccc2ccccc12. The highest BCUT2D eigenvalue weighted by Gasteiger charge is 2.25. The second-order valence-corrected chi connectivity index (χ2v) is 6.17. The summed E-state index contributed by atoms with van der Waals surface area (Å²) in [6, 6.07) is 17.3. The summed E-state index contributed by atoms with van der Waals surface area (Å²) in [5.74, 6) is 0.657. The van der Waals surface area contributed by atoms with Gasteiger partial charge < -0.3 is 0 Å². The van der Waals surface area contributed by atoms with Crippen LogP contribution in [0.1, 0.15) is 44.2 Å². The maximum Gasteiger partial charge on any atom is 0.122 e. The van der Waals surface area contributed by atoms with Gasteiger partial charge in [-0.2, -0.15) is 5.26 Å². The maximum atomic E-state index is 9.64. The van der Waals surface area contributed by atoms with Crippen LogP contribution < -0.4 is 5.32 Å². The van der Waals surface area contributed by atoms with Crippen LogP contribution in [-0.2, 0) is 0 Å². The fourth-order valence-electron chi connectivity index (χ4n) is 3.48. The lowest BCUT2D eigenvalue weighted by molar-refractivity contribution is 0.271. The van der Waals surface area contributed by atoms with Gasteiger partial charge in [0.2, 0.25) is 0 Å². The van der Waals surface area contributed by atoms with E-state index in [4.69, 9.17) is 0 Å². The Bertz CT molecular complexity index is 651. The molecule has 3 unspecified atom stereocenters. The first-order valence-corrected chi connectivity index (χ1v) is 7.93. The number of nitrogens with one attached hydrogen (secondary N) is 1. The normalized spacial score (nSPS) is 23.6. The number of nitrogens with zero attached hydrogens (tertiary/aromatic N) is 1. The molecule has 3 rings (SSSR count).